The fourth-order valence-electron chi connectivity index (χ4n) is 0.942. The SMILES string of the molecule is CN(C)C(=O)COc1cc(N)cc(Br)c1. The van der Waals surface area contributed by atoms with Gasteiger partial charge in [0.05, 0.1) is 0 Å². The van der Waals surface area contributed by atoms with Gasteiger partial charge in [-0.3, -0.25) is 4.79 Å². The summed E-state index contributed by atoms with van der Waals surface area (Å²) in [5.74, 6) is 0.491. The molecule has 1 amide bonds. The minimum atomic E-state index is -0.0893. The number of carbonyl (C=O) groups is 1. The van der Waals surface area contributed by atoms with Crippen LogP contribution in [0.4, 0.5) is 5.69 Å². The third kappa shape index (κ3) is 3.79. The number of likely N-dealkylation sites (N-methyl/N-ethyl adjacent to an activating group) is 1. The first-order valence-corrected chi connectivity index (χ1v) is 5.17. The number of nitrogens with zero attached hydrogens (tertiary/aromatic N) is 1. The molecule has 0 radical (unpaired) electrons. The van der Waals surface area contributed by atoms with Crippen LogP contribution in [0.1, 0.15) is 0 Å². The van der Waals surface area contributed by atoms with Crippen LogP contribution in [0.3, 0.4) is 0 Å². The largest absolute Gasteiger partial charge is 0.484 e. The molecule has 0 unspecified atom stereocenters. The van der Waals surface area contributed by atoms with Gasteiger partial charge >= 0.3 is 0 Å². The lowest BCUT2D eigenvalue weighted by molar-refractivity contribution is -0.130. The van der Waals surface area contributed by atoms with Gasteiger partial charge in [-0.2, -0.15) is 0 Å². The Kier molecular flexibility index (Phi) is 3.96. The van der Waals surface area contributed by atoms with Gasteiger partial charge in [0.2, 0.25) is 0 Å². The summed E-state index contributed by atoms with van der Waals surface area (Å²) in [4.78, 5) is 12.7. The van der Waals surface area contributed by atoms with E-state index in [1.54, 1.807) is 32.3 Å². The lowest BCUT2D eigenvalue weighted by Gasteiger charge is -2.11. The van der Waals surface area contributed by atoms with E-state index in [1.807, 2.05) is 0 Å². The van der Waals surface area contributed by atoms with Crippen LogP contribution < -0.4 is 10.5 Å². The Bertz CT molecular complexity index is 346. The molecule has 1 aromatic carbocycles. The molecule has 0 aliphatic heterocycles. The van der Waals surface area contributed by atoms with Crippen LogP contribution in [0.5, 0.6) is 5.75 Å². The fraction of sp³-hybridized carbons (Fsp3) is 0.300. The van der Waals surface area contributed by atoms with Crippen molar-refractivity contribution in [2.45, 2.75) is 0 Å². The summed E-state index contributed by atoms with van der Waals surface area (Å²) in [5.41, 5.74) is 6.21. The van der Waals surface area contributed by atoms with Crippen molar-refractivity contribution in [3.8, 4) is 5.75 Å². The van der Waals surface area contributed by atoms with E-state index in [1.165, 1.54) is 4.90 Å². The number of nitrogen functional groups attached to an aromatic ring is 1. The Balaban J connectivity index is 2.61. The molecular weight excluding hydrogens is 260 g/mol. The summed E-state index contributed by atoms with van der Waals surface area (Å²) in [6.45, 7) is 0.0168. The number of hydrogen-bond donors (Lipinski definition) is 1. The van der Waals surface area contributed by atoms with Gasteiger partial charge in [-0.25, -0.2) is 0 Å². The van der Waals surface area contributed by atoms with E-state index >= 15 is 0 Å². The van der Waals surface area contributed by atoms with Gasteiger partial charge in [0.1, 0.15) is 5.75 Å². The van der Waals surface area contributed by atoms with Crippen LogP contribution in [-0.2, 0) is 4.79 Å². The summed E-state index contributed by atoms with van der Waals surface area (Å²) in [7, 11) is 3.36. The smallest absolute Gasteiger partial charge is 0.259 e. The van der Waals surface area contributed by atoms with Crippen molar-refractivity contribution in [1.82, 2.24) is 4.90 Å². The highest BCUT2D eigenvalue weighted by Crippen LogP contribution is 2.22. The van der Waals surface area contributed by atoms with Crippen LogP contribution in [0.15, 0.2) is 22.7 Å². The van der Waals surface area contributed by atoms with Crippen molar-refractivity contribution in [3.05, 3.63) is 22.7 Å². The molecule has 2 N–H and O–H groups in total. The third-order valence-corrected chi connectivity index (χ3v) is 2.21. The van der Waals surface area contributed by atoms with E-state index in [0.717, 1.165) is 4.47 Å². The molecule has 1 rings (SSSR count). The van der Waals surface area contributed by atoms with Crippen molar-refractivity contribution in [1.29, 1.82) is 0 Å². The Morgan fingerprint density at radius 1 is 1.47 bits per heavy atom. The monoisotopic (exact) mass is 272 g/mol. The highest BCUT2D eigenvalue weighted by molar-refractivity contribution is 9.10. The van der Waals surface area contributed by atoms with Crippen LogP contribution >= 0.6 is 15.9 Å². The maximum atomic E-state index is 11.2. The zero-order valence-electron chi connectivity index (χ0n) is 8.66. The molecule has 0 aromatic heterocycles. The molecule has 1 aromatic rings. The molecule has 0 aliphatic rings. The van der Waals surface area contributed by atoms with Crippen LogP contribution in [0, 0.1) is 0 Å². The van der Waals surface area contributed by atoms with Crippen LogP contribution in [0.25, 0.3) is 0 Å². The topological polar surface area (TPSA) is 55.6 Å². The van der Waals surface area contributed by atoms with Crippen molar-refractivity contribution < 1.29 is 9.53 Å². The molecule has 5 heteroatoms. The molecule has 0 saturated carbocycles. The van der Waals surface area contributed by atoms with Gasteiger partial charge in [0.15, 0.2) is 6.61 Å². The number of rotatable bonds is 3. The van der Waals surface area contributed by atoms with E-state index in [4.69, 9.17) is 10.5 Å². The molecule has 0 aliphatic carbocycles. The highest BCUT2D eigenvalue weighted by Gasteiger charge is 2.05. The quantitative estimate of drug-likeness (QED) is 0.849. The van der Waals surface area contributed by atoms with Crippen LogP contribution in [0.2, 0.25) is 0 Å². The van der Waals surface area contributed by atoms with Crippen molar-refractivity contribution >= 4 is 27.5 Å². The van der Waals surface area contributed by atoms with E-state index in [2.05, 4.69) is 15.9 Å². The second-order valence-electron chi connectivity index (χ2n) is 3.30. The van der Waals surface area contributed by atoms with E-state index in [-0.39, 0.29) is 12.5 Å². The van der Waals surface area contributed by atoms with E-state index in [0.29, 0.717) is 11.4 Å². The van der Waals surface area contributed by atoms with Gasteiger partial charge in [-0.15, -0.1) is 0 Å². The molecule has 0 atom stereocenters. The Labute approximate surface area is 97.1 Å². The van der Waals surface area contributed by atoms with Gasteiger partial charge < -0.3 is 15.4 Å². The number of amides is 1. The predicted molar refractivity (Wildman–Crippen MR) is 62.7 cm³/mol. The van der Waals surface area contributed by atoms with Gasteiger partial charge in [-0.05, 0) is 12.1 Å². The molecule has 15 heavy (non-hydrogen) atoms. The summed E-state index contributed by atoms with van der Waals surface area (Å²) in [6, 6.07) is 5.20. The van der Waals surface area contributed by atoms with E-state index in [9.17, 15) is 4.79 Å². The summed E-state index contributed by atoms with van der Waals surface area (Å²) >= 11 is 3.29. The number of anilines is 1. The first kappa shape index (κ1) is 11.8. The average molecular weight is 273 g/mol. The molecule has 82 valence electrons. The number of nitrogens with two attached hydrogens (primary N) is 1. The zero-order valence-corrected chi connectivity index (χ0v) is 10.2. The Hall–Kier alpha value is -1.23. The fourth-order valence-corrected chi connectivity index (χ4v) is 1.43. The van der Waals surface area contributed by atoms with Crippen molar-refractivity contribution in [2.75, 3.05) is 26.4 Å². The number of halogens is 1. The minimum Gasteiger partial charge on any atom is -0.484 e. The summed E-state index contributed by atoms with van der Waals surface area (Å²) in [5, 5.41) is 0. The Morgan fingerprint density at radius 2 is 2.13 bits per heavy atom. The van der Waals surface area contributed by atoms with Crippen molar-refractivity contribution in [2.24, 2.45) is 0 Å². The summed E-state index contributed by atoms with van der Waals surface area (Å²) < 4.78 is 6.12. The second kappa shape index (κ2) is 5.02. The molecule has 0 spiro atoms. The minimum absolute atomic E-state index is 0.0168. The van der Waals surface area contributed by atoms with Crippen molar-refractivity contribution in [3.63, 3.8) is 0 Å². The second-order valence-corrected chi connectivity index (χ2v) is 4.21. The standard InChI is InChI=1S/C10H13BrN2O2/c1-13(2)10(14)6-15-9-4-7(11)3-8(12)5-9/h3-5H,6,12H2,1-2H3. The average Bonchev–Trinajstić information content (AvgIpc) is 2.12. The molecule has 0 fully saturated rings. The molecular formula is C10H13BrN2O2. The first-order chi connectivity index (χ1) is 6.99. The zero-order chi connectivity index (χ0) is 11.4. The van der Waals surface area contributed by atoms with Gasteiger partial charge in [0.25, 0.3) is 5.91 Å². The molecule has 4 nitrogen and oxygen atoms in total. The maximum absolute atomic E-state index is 11.2. The lowest BCUT2D eigenvalue weighted by Crippen LogP contribution is -2.27. The van der Waals surface area contributed by atoms with E-state index < -0.39 is 0 Å². The van der Waals surface area contributed by atoms with Gasteiger partial charge in [0, 0.05) is 30.3 Å². The lowest BCUT2D eigenvalue weighted by atomic mass is 10.3. The number of ether oxygens (including phenoxy) is 1. The number of hydrogen-bond acceptors (Lipinski definition) is 3. The molecule has 0 saturated heterocycles. The predicted octanol–water partition coefficient (Wildman–Crippen LogP) is 1.50. The van der Waals surface area contributed by atoms with Gasteiger partial charge in [-0.1, -0.05) is 15.9 Å². The maximum Gasteiger partial charge on any atom is 0.259 e. The number of carbonyl (C=O) groups excluding carboxylic acids is 1. The normalized spacial score (nSPS) is 9.80. The highest BCUT2D eigenvalue weighted by atomic mass is 79.9. The van der Waals surface area contributed by atoms with Crippen LogP contribution in [-0.4, -0.2) is 31.5 Å². The molecule has 0 bridgehead atoms. The molecule has 0 heterocycles. The first-order valence-electron chi connectivity index (χ1n) is 4.38. The summed E-state index contributed by atoms with van der Waals surface area (Å²) in [6.07, 6.45) is 0. The Morgan fingerprint density at radius 3 is 2.67 bits per heavy atom. The number of benzene rings is 1. The third-order valence-electron chi connectivity index (χ3n) is 1.75.